The quantitative estimate of drug-likeness (QED) is 0.514. The zero-order valence-electron chi connectivity index (χ0n) is 11.3. The van der Waals surface area contributed by atoms with Crippen LogP contribution < -0.4 is 16.8 Å². The molecule has 0 spiro atoms. The summed E-state index contributed by atoms with van der Waals surface area (Å²) in [4.78, 5) is 3.99. The maximum atomic E-state index is 14.1. The first kappa shape index (κ1) is 14.7. The van der Waals surface area contributed by atoms with E-state index in [0.29, 0.717) is 5.56 Å². The number of nitrogen functional groups attached to an aromatic ring is 2. The summed E-state index contributed by atoms with van der Waals surface area (Å²) in [7, 11) is 0. The van der Waals surface area contributed by atoms with Crippen LogP contribution in [0.15, 0.2) is 30.3 Å². The Hall–Kier alpha value is -2.70. The highest BCUT2D eigenvalue weighted by Gasteiger charge is 2.14. The van der Waals surface area contributed by atoms with Crippen LogP contribution in [0.25, 0.3) is 0 Å². The van der Waals surface area contributed by atoms with Gasteiger partial charge in [-0.3, -0.25) is 5.41 Å². The predicted molar refractivity (Wildman–Crippen MR) is 78.9 cm³/mol. The molecule has 0 saturated carbocycles. The molecule has 1 heterocycles. The van der Waals surface area contributed by atoms with Gasteiger partial charge in [0.15, 0.2) is 5.82 Å². The predicted octanol–water partition coefficient (Wildman–Crippen LogP) is 2.86. The van der Waals surface area contributed by atoms with Crippen molar-refractivity contribution < 1.29 is 8.78 Å². The van der Waals surface area contributed by atoms with Gasteiger partial charge in [-0.2, -0.15) is 0 Å². The first-order valence-corrected chi connectivity index (χ1v) is 6.20. The van der Waals surface area contributed by atoms with Crippen molar-refractivity contribution in [1.29, 1.82) is 5.41 Å². The third kappa shape index (κ3) is 3.07. The first-order valence-electron chi connectivity index (χ1n) is 6.20. The van der Waals surface area contributed by atoms with E-state index in [1.54, 1.807) is 6.07 Å². The number of hydrogen-bond donors (Lipinski definition) is 4. The van der Waals surface area contributed by atoms with Gasteiger partial charge >= 0.3 is 0 Å². The molecule has 1 aromatic heterocycles. The molecule has 0 amide bonds. The molecule has 21 heavy (non-hydrogen) atoms. The molecule has 1 atom stereocenters. The number of aromatic nitrogens is 1. The van der Waals surface area contributed by atoms with E-state index in [0.717, 1.165) is 0 Å². The summed E-state index contributed by atoms with van der Waals surface area (Å²) in [6, 6.07) is 7.42. The van der Waals surface area contributed by atoms with Gasteiger partial charge in [-0.05, 0) is 25.1 Å². The molecule has 0 aliphatic heterocycles. The van der Waals surface area contributed by atoms with Crippen molar-refractivity contribution in [3.63, 3.8) is 0 Å². The Morgan fingerprint density at radius 3 is 2.62 bits per heavy atom. The van der Waals surface area contributed by atoms with Gasteiger partial charge in [0.05, 0.1) is 11.3 Å². The monoisotopic (exact) mass is 291 g/mol. The Bertz CT molecular complexity index is 685. The molecule has 1 unspecified atom stereocenters. The third-order valence-corrected chi connectivity index (χ3v) is 2.93. The number of amidine groups is 1. The Morgan fingerprint density at radius 1 is 1.33 bits per heavy atom. The van der Waals surface area contributed by atoms with Gasteiger partial charge < -0.3 is 16.8 Å². The largest absolute Gasteiger partial charge is 0.384 e. The lowest BCUT2D eigenvalue weighted by molar-refractivity contribution is 0.362. The highest BCUT2D eigenvalue weighted by atomic mass is 19.1. The highest BCUT2D eigenvalue weighted by Crippen LogP contribution is 2.27. The summed E-state index contributed by atoms with van der Waals surface area (Å²) >= 11 is 0. The van der Waals surface area contributed by atoms with Gasteiger partial charge in [0.1, 0.15) is 23.6 Å². The van der Waals surface area contributed by atoms with Crippen LogP contribution in [0, 0.1) is 11.2 Å². The fourth-order valence-electron chi connectivity index (χ4n) is 1.86. The molecule has 0 bridgehead atoms. The minimum atomic E-state index is -1.41. The van der Waals surface area contributed by atoms with Crippen LogP contribution in [-0.4, -0.2) is 10.8 Å². The lowest BCUT2D eigenvalue weighted by Crippen LogP contribution is -2.14. The molecule has 0 aliphatic rings. The van der Waals surface area contributed by atoms with E-state index in [1.165, 1.54) is 31.2 Å². The number of nitrogens with two attached hydrogens (primary N) is 2. The van der Waals surface area contributed by atoms with E-state index in [-0.39, 0.29) is 28.7 Å². The van der Waals surface area contributed by atoms with Gasteiger partial charge in [-0.1, -0.05) is 12.1 Å². The number of hydrogen-bond acceptors (Lipinski definition) is 4. The second kappa shape index (κ2) is 5.74. The maximum absolute atomic E-state index is 14.1. The van der Waals surface area contributed by atoms with Crippen molar-refractivity contribution in [2.75, 3.05) is 11.1 Å². The number of anilines is 3. The zero-order chi connectivity index (χ0) is 15.6. The molecule has 7 heteroatoms. The topological polar surface area (TPSA) is 101 Å². The number of nitrogens with one attached hydrogen (secondary N) is 2. The van der Waals surface area contributed by atoms with Crippen LogP contribution in [-0.2, 0) is 0 Å². The van der Waals surface area contributed by atoms with E-state index in [1.807, 2.05) is 0 Å². The summed E-state index contributed by atoms with van der Waals surface area (Å²) in [5, 5.41) is 10.0. The van der Waals surface area contributed by atoms with Gasteiger partial charge in [-0.15, -0.1) is 0 Å². The number of nitrogens with zero attached hydrogens (tertiary/aromatic N) is 1. The number of rotatable bonds is 4. The minimum absolute atomic E-state index is 0.0340. The Kier molecular flexibility index (Phi) is 4.02. The Balaban J connectivity index is 2.33. The van der Waals surface area contributed by atoms with Crippen LogP contribution >= 0.6 is 0 Å². The highest BCUT2D eigenvalue weighted by molar-refractivity contribution is 5.99. The summed E-state index contributed by atoms with van der Waals surface area (Å²) in [6.45, 7) is 1.26. The fourth-order valence-corrected chi connectivity index (χ4v) is 1.86. The van der Waals surface area contributed by atoms with Crippen LogP contribution in [0.2, 0.25) is 0 Å². The molecule has 2 rings (SSSR count). The molecule has 1 aromatic carbocycles. The number of alkyl halides is 1. The van der Waals surface area contributed by atoms with Crippen molar-refractivity contribution >= 4 is 23.2 Å². The first-order chi connectivity index (χ1) is 9.90. The zero-order valence-corrected chi connectivity index (χ0v) is 11.3. The van der Waals surface area contributed by atoms with Crippen LogP contribution in [0.1, 0.15) is 24.2 Å². The molecule has 0 aliphatic carbocycles. The number of pyridine rings is 1. The second-order valence-corrected chi connectivity index (χ2v) is 4.49. The summed E-state index contributed by atoms with van der Waals surface area (Å²) < 4.78 is 27.4. The molecular weight excluding hydrogens is 276 g/mol. The molecule has 6 N–H and O–H groups in total. The summed E-state index contributed by atoms with van der Waals surface area (Å²) in [5.41, 5.74) is 11.4. The van der Waals surface area contributed by atoms with Gasteiger partial charge in [-0.25, -0.2) is 13.8 Å². The van der Waals surface area contributed by atoms with Crippen molar-refractivity contribution in [2.45, 2.75) is 13.1 Å². The molecule has 0 radical (unpaired) electrons. The average molecular weight is 291 g/mol. The lowest BCUT2D eigenvalue weighted by atomic mass is 10.1. The lowest BCUT2D eigenvalue weighted by Gasteiger charge is -2.12. The van der Waals surface area contributed by atoms with E-state index in [2.05, 4.69) is 10.3 Å². The molecule has 0 fully saturated rings. The van der Waals surface area contributed by atoms with E-state index in [9.17, 15) is 8.78 Å². The second-order valence-electron chi connectivity index (χ2n) is 4.49. The van der Waals surface area contributed by atoms with Crippen molar-refractivity contribution in [3.05, 3.63) is 47.3 Å². The van der Waals surface area contributed by atoms with Gasteiger partial charge in [0.2, 0.25) is 0 Å². The molecular formula is C14H15F2N5. The van der Waals surface area contributed by atoms with Crippen LogP contribution in [0.3, 0.4) is 0 Å². The average Bonchev–Trinajstić information content (AvgIpc) is 2.40. The van der Waals surface area contributed by atoms with E-state index in [4.69, 9.17) is 16.9 Å². The molecule has 0 saturated heterocycles. The normalized spacial score (nSPS) is 12.0. The van der Waals surface area contributed by atoms with Crippen molar-refractivity contribution in [1.82, 2.24) is 4.98 Å². The van der Waals surface area contributed by atoms with E-state index >= 15 is 0 Å². The standard InChI is InChI=1S/C14H15F2N5/c1-7(15)8-3-2-4-10(12(8)16)20-11-6-5-9(13(17)18)14(19)21-11/h2-7H,1H3,(H3,17,18)(H3,19,20,21). The molecule has 5 nitrogen and oxygen atoms in total. The number of benzene rings is 1. The van der Waals surface area contributed by atoms with Crippen molar-refractivity contribution in [2.24, 2.45) is 5.73 Å². The maximum Gasteiger partial charge on any atom is 0.152 e. The summed E-state index contributed by atoms with van der Waals surface area (Å²) in [6.07, 6.45) is -1.41. The Morgan fingerprint density at radius 2 is 2.05 bits per heavy atom. The Labute approximate surface area is 120 Å². The van der Waals surface area contributed by atoms with Crippen LogP contribution in [0.5, 0.6) is 0 Å². The minimum Gasteiger partial charge on any atom is -0.384 e. The van der Waals surface area contributed by atoms with Gasteiger partial charge in [0, 0.05) is 5.56 Å². The number of halogens is 2. The fraction of sp³-hybridized carbons (Fsp3) is 0.143. The van der Waals surface area contributed by atoms with Crippen molar-refractivity contribution in [3.8, 4) is 0 Å². The van der Waals surface area contributed by atoms with E-state index < -0.39 is 12.0 Å². The summed E-state index contributed by atoms with van der Waals surface area (Å²) in [5.74, 6) is -0.544. The smallest absolute Gasteiger partial charge is 0.152 e. The third-order valence-electron chi connectivity index (χ3n) is 2.93. The van der Waals surface area contributed by atoms with Gasteiger partial charge in [0.25, 0.3) is 0 Å². The molecule has 2 aromatic rings. The van der Waals surface area contributed by atoms with Crippen LogP contribution in [0.4, 0.5) is 26.1 Å². The molecule has 110 valence electrons. The SMILES string of the molecule is CC(F)c1cccc(Nc2ccc(C(=N)N)c(N)n2)c1F.